The zero-order valence-corrected chi connectivity index (χ0v) is 14.6. The van der Waals surface area contributed by atoms with Crippen molar-refractivity contribution in [2.24, 2.45) is 0 Å². The second-order valence-electron chi connectivity index (χ2n) is 6.25. The van der Waals surface area contributed by atoms with Crippen molar-refractivity contribution in [2.75, 3.05) is 18.5 Å². The summed E-state index contributed by atoms with van der Waals surface area (Å²) in [5.41, 5.74) is 0.772. The number of esters is 1. The number of nitrogens with zero attached hydrogens (tertiary/aromatic N) is 3. The van der Waals surface area contributed by atoms with Gasteiger partial charge in [0.25, 0.3) is 0 Å². The van der Waals surface area contributed by atoms with Crippen LogP contribution in [0, 0.1) is 5.82 Å². The summed E-state index contributed by atoms with van der Waals surface area (Å²) in [5.74, 6) is -0.0822. The molecule has 0 radical (unpaired) electrons. The predicted octanol–water partition coefficient (Wildman–Crippen LogP) is 3.12. The summed E-state index contributed by atoms with van der Waals surface area (Å²) in [7, 11) is 0. The maximum absolute atomic E-state index is 14.1. The highest BCUT2D eigenvalue weighted by atomic mass is 19.1. The van der Waals surface area contributed by atoms with Crippen LogP contribution in [0.2, 0.25) is 0 Å². The van der Waals surface area contributed by atoms with E-state index in [2.05, 4.69) is 20.5 Å². The molecule has 0 aromatic carbocycles. The number of carbonyl (C=O) groups excluding carboxylic acids is 1. The number of carbonyl (C=O) groups is 1. The molecular formula is C19H21FN4O2. The van der Waals surface area contributed by atoms with E-state index in [1.54, 1.807) is 37.4 Å². The second kappa shape index (κ2) is 8.03. The second-order valence-corrected chi connectivity index (χ2v) is 6.25. The Morgan fingerprint density at radius 2 is 2.19 bits per heavy atom. The number of halogens is 1. The van der Waals surface area contributed by atoms with Gasteiger partial charge in [-0.2, -0.15) is 0 Å². The SMILES string of the molecule is CCOC(=O)C=Cc1ccc(NCC2(c3ncccc3F)CCC2)nn1. The molecule has 1 N–H and O–H groups in total. The Bertz CT molecular complexity index is 788. The fraction of sp³-hybridized carbons (Fsp3) is 0.368. The van der Waals surface area contributed by atoms with Gasteiger partial charge in [0.15, 0.2) is 0 Å². The highest BCUT2D eigenvalue weighted by Gasteiger charge is 2.41. The summed E-state index contributed by atoms with van der Waals surface area (Å²) < 4.78 is 18.9. The number of rotatable bonds is 7. The molecule has 0 bridgehead atoms. The van der Waals surface area contributed by atoms with E-state index in [1.165, 1.54) is 12.1 Å². The first-order valence-corrected chi connectivity index (χ1v) is 8.66. The minimum absolute atomic E-state index is 0.264. The molecule has 26 heavy (non-hydrogen) atoms. The molecule has 7 heteroatoms. The van der Waals surface area contributed by atoms with Gasteiger partial charge >= 0.3 is 5.97 Å². The monoisotopic (exact) mass is 356 g/mol. The number of hydrogen-bond acceptors (Lipinski definition) is 6. The van der Waals surface area contributed by atoms with Gasteiger partial charge < -0.3 is 10.1 Å². The van der Waals surface area contributed by atoms with E-state index < -0.39 is 5.97 Å². The van der Waals surface area contributed by atoms with E-state index in [0.29, 0.717) is 30.4 Å². The molecule has 2 heterocycles. The Kier molecular flexibility index (Phi) is 5.55. The molecule has 6 nitrogen and oxygen atoms in total. The summed E-state index contributed by atoms with van der Waals surface area (Å²) in [4.78, 5) is 15.5. The molecule has 1 aliphatic rings. The lowest BCUT2D eigenvalue weighted by Crippen LogP contribution is -2.42. The first-order valence-electron chi connectivity index (χ1n) is 8.66. The number of aromatic nitrogens is 3. The Morgan fingerprint density at radius 3 is 2.81 bits per heavy atom. The van der Waals surface area contributed by atoms with E-state index >= 15 is 0 Å². The van der Waals surface area contributed by atoms with Crippen LogP contribution in [0.15, 0.2) is 36.5 Å². The molecule has 1 fully saturated rings. The van der Waals surface area contributed by atoms with E-state index in [9.17, 15) is 9.18 Å². The minimum atomic E-state index is -0.416. The highest BCUT2D eigenvalue weighted by molar-refractivity contribution is 5.86. The van der Waals surface area contributed by atoms with E-state index in [1.807, 2.05) is 0 Å². The van der Waals surface area contributed by atoms with Gasteiger partial charge in [0.2, 0.25) is 0 Å². The normalized spacial score (nSPS) is 15.5. The van der Waals surface area contributed by atoms with Crippen molar-refractivity contribution >= 4 is 17.9 Å². The van der Waals surface area contributed by atoms with Crippen LogP contribution in [0.1, 0.15) is 37.6 Å². The van der Waals surface area contributed by atoms with Crippen molar-refractivity contribution in [3.63, 3.8) is 0 Å². The molecule has 0 saturated heterocycles. The van der Waals surface area contributed by atoms with E-state index in [-0.39, 0.29) is 11.2 Å². The molecule has 1 aliphatic carbocycles. The van der Waals surface area contributed by atoms with Crippen LogP contribution in [-0.4, -0.2) is 34.3 Å². The van der Waals surface area contributed by atoms with Crippen LogP contribution in [-0.2, 0) is 14.9 Å². The zero-order chi connectivity index (χ0) is 18.4. The van der Waals surface area contributed by atoms with Crippen LogP contribution in [0.3, 0.4) is 0 Å². The summed E-state index contributed by atoms with van der Waals surface area (Å²) in [5, 5.41) is 11.4. The van der Waals surface area contributed by atoms with Crippen molar-refractivity contribution in [3.8, 4) is 0 Å². The number of pyridine rings is 1. The van der Waals surface area contributed by atoms with Crippen molar-refractivity contribution in [1.82, 2.24) is 15.2 Å². The average Bonchev–Trinajstić information content (AvgIpc) is 2.62. The fourth-order valence-electron chi connectivity index (χ4n) is 3.01. The van der Waals surface area contributed by atoms with Gasteiger partial charge in [0.05, 0.1) is 18.0 Å². The number of ether oxygens (including phenoxy) is 1. The number of nitrogens with one attached hydrogen (secondary N) is 1. The lowest BCUT2D eigenvalue weighted by Gasteiger charge is -2.41. The largest absolute Gasteiger partial charge is 0.463 e. The molecule has 0 spiro atoms. The van der Waals surface area contributed by atoms with Crippen molar-refractivity contribution in [2.45, 2.75) is 31.6 Å². The lowest BCUT2D eigenvalue weighted by molar-refractivity contribution is -0.137. The molecule has 0 unspecified atom stereocenters. The van der Waals surface area contributed by atoms with Crippen LogP contribution in [0.25, 0.3) is 6.08 Å². The van der Waals surface area contributed by atoms with Gasteiger partial charge in [0, 0.05) is 24.2 Å². The minimum Gasteiger partial charge on any atom is -0.463 e. The van der Waals surface area contributed by atoms with Gasteiger partial charge in [-0.15, -0.1) is 10.2 Å². The Labute approximate surface area is 151 Å². The summed E-state index contributed by atoms with van der Waals surface area (Å²) in [6.07, 6.45) is 7.33. The van der Waals surface area contributed by atoms with Gasteiger partial charge in [-0.1, -0.05) is 6.42 Å². The summed E-state index contributed by atoms with van der Waals surface area (Å²) >= 11 is 0. The molecule has 1 saturated carbocycles. The standard InChI is InChI=1S/C19H21FN4O2/c1-2-26-17(25)9-7-14-6-8-16(24-23-14)22-13-19(10-4-11-19)18-15(20)5-3-12-21-18/h3,5-9,12H,2,4,10-11,13H2,1H3,(H,22,24). The third-order valence-electron chi connectivity index (χ3n) is 4.54. The van der Waals surface area contributed by atoms with Crippen molar-refractivity contribution in [3.05, 3.63) is 53.7 Å². The van der Waals surface area contributed by atoms with Crippen LogP contribution in [0.5, 0.6) is 0 Å². The number of hydrogen-bond donors (Lipinski definition) is 1. The third kappa shape index (κ3) is 4.04. The van der Waals surface area contributed by atoms with Gasteiger partial charge in [0.1, 0.15) is 11.6 Å². The molecule has 136 valence electrons. The Morgan fingerprint density at radius 1 is 1.35 bits per heavy atom. The Hall–Kier alpha value is -2.83. The van der Waals surface area contributed by atoms with Gasteiger partial charge in [-0.25, -0.2) is 9.18 Å². The van der Waals surface area contributed by atoms with Crippen LogP contribution >= 0.6 is 0 Å². The average molecular weight is 356 g/mol. The quantitative estimate of drug-likeness (QED) is 0.607. The highest BCUT2D eigenvalue weighted by Crippen LogP contribution is 2.43. The van der Waals surface area contributed by atoms with Crippen LogP contribution in [0.4, 0.5) is 10.2 Å². The van der Waals surface area contributed by atoms with Gasteiger partial charge in [-0.3, -0.25) is 4.98 Å². The maximum Gasteiger partial charge on any atom is 0.330 e. The zero-order valence-electron chi connectivity index (χ0n) is 14.6. The molecule has 0 atom stereocenters. The lowest BCUT2D eigenvalue weighted by atomic mass is 9.66. The molecule has 3 rings (SSSR count). The van der Waals surface area contributed by atoms with Crippen LogP contribution < -0.4 is 5.32 Å². The molecular weight excluding hydrogens is 335 g/mol. The molecule has 0 aliphatic heterocycles. The summed E-state index contributed by atoms with van der Waals surface area (Å²) in [6, 6.07) is 6.58. The first-order chi connectivity index (χ1) is 12.6. The summed E-state index contributed by atoms with van der Waals surface area (Å²) in [6.45, 7) is 2.63. The fourth-order valence-corrected chi connectivity index (χ4v) is 3.01. The van der Waals surface area contributed by atoms with Crippen molar-refractivity contribution in [1.29, 1.82) is 0 Å². The van der Waals surface area contributed by atoms with E-state index in [0.717, 1.165) is 19.3 Å². The first kappa shape index (κ1) is 18.0. The Balaban J connectivity index is 1.63. The number of anilines is 1. The molecule has 2 aromatic rings. The third-order valence-corrected chi connectivity index (χ3v) is 4.54. The smallest absolute Gasteiger partial charge is 0.330 e. The maximum atomic E-state index is 14.1. The molecule has 0 amide bonds. The topological polar surface area (TPSA) is 77.0 Å². The molecule has 2 aromatic heterocycles. The van der Waals surface area contributed by atoms with Gasteiger partial charge in [-0.05, 0) is 50.1 Å². The predicted molar refractivity (Wildman–Crippen MR) is 95.9 cm³/mol. The van der Waals surface area contributed by atoms with Crippen molar-refractivity contribution < 1.29 is 13.9 Å². The van der Waals surface area contributed by atoms with E-state index in [4.69, 9.17) is 4.74 Å².